The van der Waals surface area contributed by atoms with E-state index >= 15 is 0 Å². The van der Waals surface area contributed by atoms with Crippen LogP contribution in [0.2, 0.25) is 0 Å². The van der Waals surface area contributed by atoms with Crippen LogP contribution in [0.5, 0.6) is 0 Å². The van der Waals surface area contributed by atoms with E-state index in [4.69, 9.17) is 0 Å². The summed E-state index contributed by atoms with van der Waals surface area (Å²) in [6.45, 7) is 3.64. The molecule has 0 radical (unpaired) electrons. The van der Waals surface area contributed by atoms with E-state index in [1.165, 1.54) is 19.1 Å². The van der Waals surface area contributed by atoms with Crippen molar-refractivity contribution in [2.75, 3.05) is 5.32 Å². The van der Waals surface area contributed by atoms with Gasteiger partial charge >= 0.3 is 0 Å². The van der Waals surface area contributed by atoms with Crippen LogP contribution in [-0.2, 0) is 11.3 Å². The number of halogens is 1. The first-order valence-corrected chi connectivity index (χ1v) is 10.5. The van der Waals surface area contributed by atoms with E-state index in [0.717, 1.165) is 22.4 Å². The highest BCUT2D eigenvalue weighted by Crippen LogP contribution is 2.33. The normalized spacial score (nSPS) is 10.6. The van der Waals surface area contributed by atoms with Gasteiger partial charge in [0.25, 0.3) is 5.91 Å². The summed E-state index contributed by atoms with van der Waals surface area (Å²) in [7, 11) is 0. The smallest absolute Gasteiger partial charge is 0.251 e. The fourth-order valence-corrected chi connectivity index (χ4v) is 3.59. The summed E-state index contributed by atoms with van der Waals surface area (Å²) in [6.07, 6.45) is 0. The third-order valence-corrected chi connectivity index (χ3v) is 5.16. The molecule has 0 saturated carbocycles. The molecule has 0 atom stereocenters. The van der Waals surface area contributed by atoms with Crippen molar-refractivity contribution in [2.24, 2.45) is 0 Å². The molecular weight excluding hydrogens is 419 g/mol. The van der Waals surface area contributed by atoms with E-state index < -0.39 is 0 Å². The molecule has 0 unspecified atom stereocenters. The maximum absolute atomic E-state index is 13.0. The van der Waals surface area contributed by atoms with Crippen LogP contribution in [0.1, 0.15) is 28.5 Å². The van der Waals surface area contributed by atoms with Gasteiger partial charge < -0.3 is 10.6 Å². The first-order chi connectivity index (χ1) is 15.9. The number of nitrogens with one attached hydrogen (secondary N) is 2. The highest BCUT2D eigenvalue weighted by atomic mass is 19.1. The van der Waals surface area contributed by atoms with Crippen LogP contribution < -0.4 is 10.6 Å². The predicted molar refractivity (Wildman–Crippen MR) is 126 cm³/mol. The highest BCUT2D eigenvalue weighted by molar-refractivity contribution is 5.95. The molecule has 0 aliphatic carbocycles. The van der Waals surface area contributed by atoms with Crippen molar-refractivity contribution < 1.29 is 14.0 Å². The van der Waals surface area contributed by atoms with Crippen LogP contribution in [0.15, 0.2) is 78.9 Å². The summed E-state index contributed by atoms with van der Waals surface area (Å²) in [5.74, 6) is -0.192. The Morgan fingerprint density at radius 3 is 2.24 bits per heavy atom. The Kier molecular flexibility index (Phi) is 6.31. The van der Waals surface area contributed by atoms with Crippen molar-refractivity contribution in [1.82, 2.24) is 15.1 Å². The summed E-state index contributed by atoms with van der Waals surface area (Å²) >= 11 is 0. The number of anilines is 1. The second kappa shape index (κ2) is 9.48. The van der Waals surface area contributed by atoms with Crippen molar-refractivity contribution in [3.8, 4) is 16.8 Å². The topological polar surface area (TPSA) is 76.0 Å². The van der Waals surface area contributed by atoms with E-state index in [9.17, 15) is 14.0 Å². The Bertz CT molecular complexity index is 1280. The van der Waals surface area contributed by atoms with Crippen molar-refractivity contribution in [2.45, 2.75) is 20.4 Å². The molecule has 0 bridgehead atoms. The molecule has 4 aromatic rings. The SMILES string of the molecule is CC(=O)Nc1c(-c2ccccc2)c(C)nn1-c1ccc(C(=O)NCc2ccc(F)cc2)cc1. The minimum Gasteiger partial charge on any atom is -0.348 e. The third-order valence-electron chi connectivity index (χ3n) is 5.16. The van der Waals surface area contributed by atoms with E-state index in [0.29, 0.717) is 23.6 Å². The van der Waals surface area contributed by atoms with Gasteiger partial charge in [0.05, 0.1) is 11.4 Å². The fraction of sp³-hybridized carbons (Fsp3) is 0.115. The van der Waals surface area contributed by atoms with Crippen LogP contribution in [0, 0.1) is 12.7 Å². The van der Waals surface area contributed by atoms with Crippen LogP contribution in [0.3, 0.4) is 0 Å². The van der Waals surface area contributed by atoms with Gasteiger partial charge in [0.15, 0.2) is 0 Å². The summed E-state index contributed by atoms with van der Waals surface area (Å²) in [5, 5.41) is 10.4. The molecule has 1 heterocycles. The molecular formula is C26H23FN4O2. The third kappa shape index (κ3) is 4.98. The maximum atomic E-state index is 13.0. The van der Waals surface area contributed by atoms with Gasteiger partial charge in [-0.15, -0.1) is 0 Å². The monoisotopic (exact) mass is 442 g/mol. The summed E-state index contributed by atoms with van der Waals surface area (Å²) in [5.41, 5.74) is 4.55. The average Bonchev–Trinajstić information content (AvgIpc) is 3.14. The minimum absolute atomic E-state index is 0.204. The second-order valence-corrected chi connectivity index (χ2v) is 7.62. The quantitative estimate of drug-likeness (QED) is 0.447. The van der Waals surface area contributed by atoms with Gasteiger partial charge in [0, 0.05) is 24.6 Å². The molecule has 0 aliphatic rings. The number of nitrogens with zero attached hydrogens (tertiary/aromatic N) is 2. The Hall–Kier alpha value is -4.26. The van der Waals surface area contributed by atoms with Crippen LogP contribution in [-0.4, -0.2) is 21.6 Å². The van der Waals surface area contributed by atoms with E-state index in [-0.39, 0.29) is 17.6 Å². The lowest BCUT2D eigenvalue weighted by Crippen LogP contribution is -2.22. The predicted octanol–water partition coefficient (Wildman–Crippen LogP) is 4.88. The summed E-state index contributed by atoms with van der Waals surface area (Å²) < 4.78 is 14.7. The molecule has 3 aromatic carbocycles. The molecule has 166 valence electrons. The van der Waals surface area contributed by atoms with Crippen LogP contribution >= 0.6 is 0 Å². The molecule has 2 amide bonds. The molecule has 7 heteroatoms. The number of aryl methyl sites for hydroxylation is 1. The van der Waals surface area contributed by atoms with Gasteiger partial charge in [-0.1, -0.05) is 42.5 Å². The Balaban J connectivity index is 1.58. The Labute approximate surface area is 191 Å². The largest absolute Gasteiger partial charge is 0.348 e. The number of hydrogen-bond acceptors (Lipinski definition) is 3. The number of benzene rings is 3. The first-order valence-electron chi connectivity index (χ1n) is 10.5. The maximum Gasteiger partial charge on any atom is 0.251 e. The lowest BCUT2D eigenvalue weighted by Gasteiger charge is -2.11. The van der Waals surface area contributed by atoms with Gasteiger partial charge in [-0.25, -0.2) is 9.07 Å². The number of rotatable bonds is 6. The number of hydrogen-bond donors (Lipinski definition) is 2. The van der Waals surface area contributed by atoms with Gasteiger partial charge in [0.2, 0.25) is 5.91 Å². The zero-order chi connectivity index (χ0) is 23.4. The molecule has 2 N–H and O–H groups in total. The lowest BCUT2D eigenvalue weighted by atomic mass is 10.1. The van der Waals surface area contributed by atoms with Gasteiger partial charge in [0.1, 0.15) is 11.6 Å². The van der Waals surface area contributed by atoms with Gasteiger partial charge in [-0.05, 0) is 54.4 Å². The number of carbonyl (C=O) groups excluding carboxylic acids is 2. The molecule has 1 aromatic heterocycles. The van der Waals surface area contributed by atoms with Gasteiger partial charge in [-0.2, -0.15) is 5.10 Å². The zero-order valence-electron chi connectivity index (χ0n) is 18.3. The van der Waals surface area contributed by atoms with Gasteiger partial charge in [-0.3, -0.25) is 9.59 Å². The Morgan fingerprint density at radius 2 is 1.61 bits per heavy atom. The molecule has 33 heavy (non-hydrogen) atoms. The molecule has 0 saturated heterocycles. The fourth-order valence-electron chi connectivity index (χ4n) is 3.59. The zero-order valence-corrected chi connectivity index (χ0v) is 18.3. The number of carbonyl (C=O) groups is 2. The van der Waals surface area contributed by atoms with E-state index in [1.54, 1.807) is 41.1 Å². The van der Waals surface area contributed by atoms with E-state index in [1.807, 2.05) is 37.3 Å². The standard InChI is InChI=1S/C26H23FN4O2/c1-17-24(20-6-4-3-5-7-20)25(29-18(2)32)31(30-17)23-14-10-21(11-15-23)26(33)28-16-19-8-12-22(27)13-9-19/h3-15H,16H2,1-2H3,(H,28,33)(H,29,32). The molecule has 0 aliphatic heterocycles. The van der Waals surface area contributed by atoms with Crippen molar-refractivity contribution in [3.63, 3.8) is 0 Å². The molecule has 6 nitrogen and oxygen atoms in total. The second-order valence-electron chi connectivity index (χ2n) is 7.62. The minimum atomic E-state index is -0.316. The molecule has 0 spiro atoms. The summed E-state index contributed by atoms with van der Waals surface area (Å²) in [6, 6.07) is 22.7. The van der Waals surface area contributed by atoms with Crippen molar-refractivity contribution in [3.05, 3.63) is 102 Å². The highest BCUT2D eigenvalue weighted by Gasteiger charge is 2.19. The summed E-state index contributed by atoms with van der Waals surface area (Å²) in [4.78, 5) is 24.4. The van der Waals surface area contributed by atoms with Crippen molar-refractivity contribution >= 4 is 17.6 Å². The van der Waals surface area contributed by atoms with E-state index in [2.05, 4.69) is 15.7 Å². The lowest BCUT2D eigenvalue weighted by molar-refractivity contribution is -0.114. The van der Waals surface area contributed by atoms with Crippen LogP contribution in [0.4, 0.5) is 10.2 Å². The Morgan fingerprint density at radius 1 is 0.939 bits per heavy atom. The number of aromatic nitrogens is 2. The van der Waals surface area contributed by atoms with Crippen molar-refractivity contribution in [1.29, 1.82) is 0 Å². The molecule has 4 rings (SSSR count). The number of amides is 2. The van der Waals surface area contributed by atoms with Crippen LogP contribution in [0.25, 0.3) is 16.8 Å². The first kappa shape index (κ1) is 22.0. The molecule has 0 fully saturated rings. The average molecular weight is 442 g/mol.